The predicted octanol–water partition coefficient (Wildman–Crippen LogP) is 1.70. The maximum atomic E-state index is 9.27. The number of likely N-dealkylation sites (N-methyl/N-ethyl adjacent to an activating group) is 1. The molecule has 17 heavy (non-hydrogen) atoms. The predicted molar refractivity (Wildman–Crippen MR) is 68.2 cm³/mol. The number of aromatic amines is 1. The normalized spacial score (nSPS) is 23.8. The summed E-state index contributed by atoms with van der Waals surface area (Å²) in [6.45, 7) is 4.56. The van der Waals surface area contributed by atoms with Crippen LogP contribution in [0.1, 0.15) is 49.5 Å². The molecular weight excluding hydrogens is 214 g/mol. The van der Waals surface area contributed by atoms with E-state index in [-0.39, 0.29) is 12.5 Å². The van der Waals surface area contributed by atoms with Gasteiger partial charge >= 0.3 is 0 Å². The highest BCUT2D eigenvalue weighted by atomic mass is 16.3. The zero-order valence-corrected chi connectivity index (χ0v) is 10.8. The average Bonchev–Trinajstić information content (AvgIpc) is 2.80. The Hall–Kier alpha value is -0.870. The third-order valence-electron chi connectivity index (χ3n) is 3.78. The van der Waals surface area contributed by atoms with E-state index in [0.29, 0.717) is 5.92 Å². The topological polar surface area (TPSA) is 52.2 Å². The molecule has 2 N–H and O–H groups in total. The Kier molecular flexibility index (Phi) is 4.18. The maximum absolute atomic E-state index is 9.27. The van der Waals surface area contributed by atoms with Crippen molar-refractivity contribution < 1.29 is 5.11 Å². The second-order valence-electron chi connectivity index (χ2n) is 5.11. The lowest BCUT2D eigenvalue weighted by molar-refractivity contribution is 0.247. The summed E-state index contributed by atoms with van der Waals surface area (Å²) in [4.78, 5) is 10.2. The average molecular weight is 237 g/mol. The number of nitrogens with zero attached hydrogens (tertiary/aromatic N) is 2. The Morgan fingerprint density at radius 1 is 1.65 bits per heavy atom. The summed E-state index contributed by atoms with van der Waals surface area (Å²) >= 11 is 0. The number of rotatable bonds is 4. The SMILES string of the molecule is CCC(CO)c1ncc(C2CCCN(C)C2)[nH]1. The lowest BCUT2D eigenvalue weighted by atomic mass is 9.96. The quantitative estimate of drug-likeness (QED) is 0.838. The Morgan fingerprint density at radius 3 is 3.12 bits per heavy atom. The van der Waals surface area contributed by atoms with Gasteiger partial charge in [-0.1, -0.05) is 6.92 Å². The Labute approximate surface area is 103 Å². The van der Waals surface area contributed by atoms with E-state index >= 15 is 0 Å². The Morgan fingerprint density at radius 2 is 2.47 bits per heavy atom. The molecule has 96 valence electrons. The van der Waals surface area contributed by atoms with Crippen LogP contribution in [-0.4, -0.2) is 46.7 Å². The van der Waals surface area contributed by atoms with Crippen LogP contribution in [-0.2, 0) is 0 Å². The number of hydrogen-bond acceptors (Lipinski definition) is 3. The Bertz CT molecular complexity index is 346. The molecule has 2 atom stereocenters. The molecule has 0 bridgehead atoms. The van der Waals surface area contributed by atoms with Crippen LogP contribution >= 0.6 is 0 Å². The van der Waals surface area contributed by atoms with Crippen molar-refractivity contribution in [2.75, 3.05) is 26.7 Å². The van der Waals surface area contributed by atoms with Crippen LogP contribution in [0.15, 0.2) is 6.20 Å². The van der Waals surface area contributed by atoms with Gasteiger partial charge in [0.2, 0.25) is 0 Å². The van der Waals surface area contributed by atoms with Crippen molar-refractivity contribution in [1.29, 1.82) is 0 Å². The molecule has 1 aromatic heterocycles. The number of imidazole rings is 1. The molecule has 2 unspecified atom stereocenters. The summed E-state index contributed by atoms with van der Waals surface area (Å²) in [6.07, 6.45) is 5.38. The molecule has 0 amide bonds. The van der Waals surface area contributed by atoms with Gasteiger partial charge in [0.05, 0.1) is 6.61 Å². The summed E-state index contributed by atoms with van der Waals surface area (Å²) in [7, 11) is 2.17. The van der Waals surface area contributed by atoms with Crippen molar-refractivity contribution in [3.05, 3.63) is 17.7 Å². The molecule has 4 nitrogen and oxygen atoms in total. The minimum atomic E-state index is 0.157. The number of aliphatic hydroxyl groups excluding tert-OH is 1. The van der Waals surface area contributed by atoms with E-state index in [9.17, 15) is 5.11 Å². The number of aliphatic hydroxyl groups is 1. The highest BCUT2D eigenvalue weighted by molar-refractivity contribution is 5.11. The monoisotopic (exact) mass is 237 g/mol. The van der Waals surface area contributed by atoms with Crippen LogP contribution in [0.25, 0.3) is 0 Å². The van der Waals surface area contributed by atoms with Crippen molar-refractivity contribution in [2.24, 2.45) is 0 Å². The first-order valence-electron chi connectivity index (χ1n) is 6.58. The molecule has 0 saturated carbocycles. The van der Waals surface area contributed by atoms with E-state index in [4.69, 9.17) is 0 Å². The van der Waals surface area contributed by atoms with Gasteiger partial charge in [-0.15, -0.1) is 0 Å². The van der Waals surface area contributed by atoms with Gasteiger partial charge in [-0.25, -0.2) is 4.98 Å². The number of H-pyrrole nitrogens is 1. The molecule has 1 aliphatic rings. The molecule has 1 saturated heterocycles. The molecule has 0 spiro atoms. The molecule has 4 heteroatoms. The van der Waals surface area contributed by atoms with E-state index in [1.807, 2.05) is 6.20 Å². The summed E-state index contributed by atoms with van der Waals surface area (Å²) in [5, 5.41) is 9.27. The lowest BCUT2D eigenvalue weighted by Gasteiger charge is -2.28. The van der Waals surface area contributed by atoms with Crippen molar-refractivity contribution in [1.82, 2.24) is 14.9 Å². The van der Waals surface area contributed by atoms with Gasteiger partial charge < -0.3 is 15.0 Å². The molecule has 2 rings (SSSR count). The van der Waals surface area contributed by atoms with Gasteiger partial charge in [-0.3, -0.25) is 0 Å². The van der Waals surface area contributed by atoms with Crippen LogP contribution in [0.5, 0.6) is 0 Å². The smallest absolute Gasteiger partial charge is 0.111 e. The van der Waals surface area contributed by atoms with Crippen LogP contribution in [0.2, 0.25) is 0 Å². The number of aromatic nitrogens is 2. The number of nitrogens with one attached hydrogen (secondary N) is 1. The fourth-order valence-corrected chi connectivity index (χ4v) is 2.60. The largest absolute Gasteiger partial charge is 0.396 e. The standard InChI is InChI=1S/C13H23N3O/c1-3-10(9-17)13-14-7-12(15-13)11-5-4-6-16(2)8-11/h7,10-11,17H,3-6,8-9H2,1-2H3,(H,14,15). The first kappa shape index (κ1) is 12.6. The molecule has 1 fully saturated rings. The highest BCUT2D eigenvalue weighted by Crippen LogP contribution is 2.26. The number of piperidine rings is 1. The number of likely N-dealkylation sites (tertiary alicyclic amines) is 1. The van der Waals surface area contributed by atoms with Crippen LogP contribution < -0.4 is 0 Å². The molecule has 1 aromatic rings. The van der Waals surface area contributed by atoms with Crippen LogP contribution in [0.3, 0.4) is 0 Å². The number of hydrogen-bond donors (Lipinski definition) is 2. The van der Waals surface area contributed by atoms with Crippen LogP contribution in [0.4, 0.5) is 0 Å². The van der Waals surface area contributed by atoms with Gasteiger partial charge in [0.25, 0.3) is 0 Å². The fourth-order valence-electron chi connectivity index (χ4n) is 2.60. The highest BCUT2D eigenvalue weighted by Gasteiger charge is 2.21. The fraction of sp³-hybridized carbons (Fsp3) is 0.769. The molecule has 1 aliphatic heterocycles. The van der Waals surface area contributed by atoms with E-state index in [2.05, 4.69) is 28.8 Å². The first-order valence-corrected chi connectivity index (χ1v) is 6.58. The van der Waals surface area contributed by atoms with Crippen molar-refractivity contribution >= 4 is 0 Å². The molecule has 2 heterocycles. The Balaban J connectivity index is 2.06. The van der Waals surface area contributed by atoms with E-state index in [0.717, 1.165) is 18.8 Å². The van der Waals surface area contributed by atoms with Gasteiger partial charge in [0.1, 0.15) is 5.82 Å². The molecule has 0 aliphatic carbocycles. The van der Waals surface area contributed by atoms with Crippen molar-refractivity contribution in [3.63, 3.8) is 0 Å². The second-order valence-corrected chi connectivity index (χ2v) is 5.11. The summed E-state index contributed by atoms with van der Waals surface area (Å²) < 4.78 is 0. The first-order chi connectivity index (χ1) is 8.24. The van der Waals surface area contributed by atoms with E-state index in [1.54, 1.807) is 0 Å². The third kappa shape index (κ3) is 2.87. The molecule has 0 aromatic carbocycles. The van der Waals surface area contributed by atoms with Gasteiger partial charge in [0, 0.05) is 30.3 Å². The van der Waals surface area contributed by atoms with Gasteiger partial charge in [-0.05, 0) is 32.9 Å². The van der Waals surface area contributed by atoms with Crippen LogP contribution in [0, 0.1) is 0 Å². The molecular formula is C13H23N3O. The second kappa shape index (κ2) is 5.65. The van der Waals surface area contributed by atoms with Crippen molar-refractivity contribution in [3.8, 4) is 0 Å². The zero-order valence-electron chi connectivity index (χ0n) is 10.8. The summed E-state index contributed by atoms with van der Waals surface area (Å²) in [5.41, 5.74) is 1.23. The van der Waals surface area contributed by atoms with Gasteiger partial charge in [-0.2, -0.15) is 0 Å². The minimum absolute atomic E-state index is 0.157. The summed E-state index contributed by atoms with van der Waals surface area (Å²) in [6, 6.07) is 0. The summed E-state index contributed by atoms with van der Waals surface area (Å²) in [5.74, 6) is 1.68. The zero-order chi connectivity index (χ0) is 12.3. The van der Waals surface area contributed by atoms with E-state index < -0.39 is 0 Å². The minimum Gasteiger partial charge on any atom is -0.396 e. The molecule has 0 radical (unpaired) electrons. The van der Waals surface area contributed by atoms with Crippen molar-refractivity contribution in [2.45, 2.75) is 38.0 Å². The lowest BCUT2D eigenvalue weighted by Crippen LogP contribution is -2.30. The maximum Gasteiger partial charge on any atom is 0.111 e. The third-order valence-corrected chi connectivity index (χ3v) is 3.78. The van der Waals surface area contributed by atoms with Gasteiger partial charge in [0.15, 0.2) is 0 Å². The van der Waals surface area contributed by atoms with E-state index in [1.165, 1.54) is 25.1 Å².